The Balaban J connectivity index is 4.43. The summed E-state index contributed by atoms with van der Waals surface area (Å²) < 4.78 is 0.528. The van der Waals surface area contributed by atoms with Crippen molar-refractivity contribution in [1.82, 2.24) is 0 Å². The third kappa shape index (κ3) is 5.44. The molecule has 0 aromatic heterocycles. The number of hydrogen-bond donors (Lipinski definition) is 0. The Morgan fingerprint density at radius 1 is 1.08 bits per heavy atom. The molecule has 0 radical (unpaired) electrons. The topological polar surface area (TPSA) is 26.1 Å². The van der Waals surface area contributed by atoms with Gasteiger partial charge in [0.15, 0.2) is 0 Å². The molecule has 0 amide bonds. The Labute approximate surface area is 78.8 Å². The maximum atomic E-state index is 10.8. The predicted molar refractivity (Wildman–Crippen MR) is 57.5 cm³/mol. The molecule has 0 aliphatic carbocycles. The lowest BCUT2D eigenvalue weighted by atomic mass is 10.3. The van der Waals surface area contributed by atoms with Crippen molar-refractivity contribution in [3.63, 3.8) is 0 Å². The normalized spacial score (nSPS) is 12.2. The van der Waals surface area contributed by atoms with E-state index in [1.165, 1.54) is 6.08 Å². The van der Waals surface area contributed by atoms with E-state index >= 15 is 0 Å². The van der Waals surface area contributed by atoms with Gasteiger partial charge in [0.25, 0.3) is 0 Å². The van der Waals surface area contributed by atoms with E-state index < -0.39 is 0 Å². The summed E-state index contributed by atoms with van der Waals surface area (Å²) in [5, 5.41) is 10.8. The van der Waals surface area contributed by atoms with Crippen molar-refractivity contribution in [3.8, 4) is 0 Å². The Morgan fingerprint density at radius 2 is 1.77 bits per heavy atom. The molecule has 0 rings (SSSR count). The molecule has 0 unspecified atom stereocenters. The first-order chi connectivity index (χ1) is 6.22. The van der Waals surface area contributed by atoms with Crippen LogP contribution in [0, 0.1) is 5.21 Å². The van der Waals surface area contributed by atoms with Crippen molar-refractivity contribution in [3.05, 3.63) is 66.6 Å². The Hall–Kier alpha value is -1.83. The van der Waals surface area contributed by atoms with Crippen LogP contribution in [0.1, 0.15) is 0 Å². The highest BCUT2D eigenvalue weighted by atomic mass is 16.5. The highest BCUT2D eigenvalue weighted by molar-refractivity contribution is 5.25. The third-order valence-electron chi connectivity index (χ3n) is 1.20. The minimum atomic E-state index is 0.448. The Bertz CT molecular complexity index is 282. The maximum absolute atomic E-state index is 10.8. The van der Waals surface area contributed by atoms with Gasteiger partial charge in [-0.25, -0.2) is 0 Å². The second-order valence-electron chi connectivity index (χ2n) is 2.19. The molecular formula is C11H13NO. The van der Waals surface area contributed by atoms with Gasteiger partial charge in [0.2, 0.25) is 5.70 Å². The average molecular weight is 175 g/mol. The van der Waals surface area contributed by atoms with Gasteiger partial charge in [-0.3, -0.25) is 0 Å². The third-order valence-corrected chi connectivity index (χ3v) is 1.20. The molecule has 0 heterocycles. The highest BCUT2D eigenvalue weighted by Gasteiger charge is 1.93. The van der Waals surface area contributed by atoms with Crippen LogP contribution in [0.2, 0.25) is 0 Å². The lowest BCUT2D eigenvalue weighted by molar-refractivity contribution is -0.385. The molecule has 0 bridgehead atoms. The molecule has 0 saturated heterocycles. The van der Waals surface area contributed by atoms with Crippen molar-refractivity contribution in [2.75, 3.05) is 0 Å². The first kappa shape index (κ1) is 11.2. The first-order valence-electron chi connectivity index (χ1n) is 3.78. The molecule has 0 N–H and O–H groups in total. The number of nitrogens with zero attached hydrogens (tertiary/aromatic N) is 1. The van der Waals surface area contributed by atoms with E-state index in [2.05, 4.69) is 19.9 Å². The van der Waals surface area contributed by atoms with E-state index in [0.717, 1.165) is 0 Å². The SMILES string of the molecule is C=C\C=C/C=C\C(=C/C=C)[N+](=C)[O-]. The number of allylic oxidation sites excluding steroid dienone is 7. The highest BCUT2D eigenvalue weighted by Crippen LogP contribution is 1.97. The van der Waals surface area contributed by atoms with Crippen LogP contribution in [0.5, 0.6) is 0 Å². The van der Waals surface area contributed by atoms with Gasteiger partial charge in [-0.2, -0.15) is 4.74 Å². The van der Waals surface area contributed by atoms with E-state index in [1.807, 2.05) is 0 Å². The minimum Gasteiger partial charge on any atom is -0.619 e. The van der Waals surface area contributed by atoms with E-state index in [9.17, 15) is 5.21 Å². The zero-order valence-electron chi connectivity index (χ0n) is 7.52. The van der Waals surface area contributed by atoms with Gasteiger partial charge >= 0.3 is 0 Å². The predicted octanol–water partition coefficient (Wildman–Crippen LogP) is 2.57. The van der Waals surface area contributed by atoms with Gasteiger partial charge in [-0.15, -0.1) is 0 Å². The fraction of sp³-hybridized carbons (Fsp3) is 0. The maximum Gasteiger partial charge on any atom is 0.215 e. The lowest BCUT2D eigenvalue weighted by Crippen LogP contribution is -1.95. The summed E-state index contributed by atoms with van der Waals surface area (Å²) in [7, 11) is 0. The molecule has 0 fully saturated rings. The Kier molecular flexibility index (Phi) is 5.89. The van der Waals surface area contributed by atoms with Crippen LogP contribution in [0.3, 0.4) is 0 Å². The summed E-state index contributed by atoms with van der Waals surface area (Å²) in [4.78, 5) is 0. The van der Waals surface area contributed by atoms with Crippen molar-refractivity contribution >= 4 is 6.72 Å². The van der Waals surface area contributed by atoms with Crippen LogP contribution in [0.15, 0.2) is 61.4 Å². The zero-order chi connectivity index (χ0) is 10.1. The van der Waals surface area contributed by atoms with Crippen LogP contribution < -0.4 is 0 Å². The molecule has 0 aromatic rings. The molecule has 0 saturated carbocycles. The minimum absolute atomic E-state index is 0.448. The van der Waals surface area contributed by atoms with Gasteiger partial charge in [-0.05, 0) is 0 Å². The summed E-state index contributed by atoms with van der Waals surface area (Å²) in [6.45, 7) is 10.2. The van der Waals surface area contributed by atoms with Gasteiger partial charge in [0.1, 0.15) is 6.72 Å². The molecule has 0 spiro atoms. The molecule has 13 heavy (non-hydrogen) atoms. The van der Waals surface area contributed by atoms with Gasteiger partial charge < -0.3 is 5.21 Å². The zero-order valence-corrected chi connectivity index (χ0v) is 7.52. The summed E-state index contributed by atoms with van der Waals surface area (Å²) in [5.74, 6) is 0. The lowest BCUT2D eigenvalue weighted by Gasteiger charge is -1.98. The molecule has 2 nitrogen and oxygen atoms in total. The number of hydrogen-bond acceptors (Lipinski definition) is 1. The van der Waals surface area contributed by atoms with Gasteiger partial charge in [0.05, 0.1) is 0 Å². The first-order valence-corrected chi connectivity index (χ1v) is 3.78. The van der Waals surface area contributed by atoms with Crippen molar-refractivity contribution < 1.29 is 4.74 Å². The van der Waals surface area contributed by atoms with Crippen LogP contribution in [0.4, 0.5) is 0 Å². The van der Waals surface area contributed by atoms with Crippen molar-refractivity contribution in [2.24, 2.45) is 0 Å². The van der Waals surface area contributed by atoms with Crippen molar-refractivity contribution in [1.29, 1.82) is 0 Å². The van der Waals surface area contributed by atoms with E-state index in [0.29, 0.717) is 10.4 Å². The molecule has 0 atom stereocenters. The number of rotatable bonds is 5. The molecule has 2 heteroatoms. The van der Waals surface area contributed by atoms with E-state index in [4.69, 9.17) is 0 Å². The van der Waals surface area contributed by atoms with Crippen LogP contribution >= 0.6 is 0 Å². The molecular weight excluding hydrogens is 162 g/mol. The van der Waals surface area contributed by atoms with Gasteiger partial charge in [0, 0.05) is 12.2 Å². The smallest absolute Gasteiger partial charge is 0.215 e. The summed E-state index contributed by atoms with van der Waals surface area (Å²) in [6, 6.07) is 0. The summed E-state index contributed by atoms with van der Waals surface area (Å²) in [6.07, 6.45) is 11.7. The second-order valence-corrected chi connectivity index (χ2v) is 2.19. The monoisotopic (exact) mass is 175 g/mol. The summed E-state index contributed by atoms with van der Waals surface area (Å²) in [5.41, 5.74) is 0.448. The Morgan fingerprint density at radius 3 is 2.23 bits per heavy atom. The van der Waals surface area contributed by atoms with Crippen molar-refractivity contribution in [2.45, 2.75) is 0 Å². The van der Waals surface area contributed by atoms with Crippen LogP contribution in [0.25, 0.3) is 0 Å². The van der Waals surface area contributed by atoms with Crippen LogP contribution in [-0.2, 0) is 0 Å². The quantitative estimate of drug-likeness (QED) is 0.207. The fourth-order valence-electron chi connectivity index (χ4n) is 0.639. The van der Waals surface area contributed by atoms with E-state index in [-0.39, 0.29) is 0 Å². The average Bonchev–Trinajstić information content (AvgIpc) is 2.10. The fourth-order valence-corrected chi connectivity index (χ4v) is 0.639. The number of hydroxylamine groups is 1. The van der Waals surface area contributed by atoms with E-state index in [1.54, 1.807) is 36.5 Å². The molecule has 0 aliphatic rings. The molecule has 0 aromatic carbocycles. The molecule has 68 valence electrons. The second kappa shape index (κ2) is 6.85. The van der Waals surface area contributed by atoms with Gasteiger partial charge in [-0.1, -0.05) is 43.5 Å². The molecule has 0 aliphatic heterocycles. The summed E-state index contributed by atoms with van der Waals surface area (Å²) >= 11 is 0. The largest absolute Gasteiger partial charge is 0.619 e. The van der Waals surface area contributed by atoms with Crippen LogP contribution in [-0.4, -0.2) is 11.5 Å². The standard InChI is InChI=1S/C11H13NO/c1-4-6-7-8-10-11(9-5-2)12(3)13/h4-10H,1-3H2/b7-6-,10-8-,11-9+.